The second-order valence-corrected chi connectivity index (χ2v) is 10.1. The van der Waals surface area contributed by atoms with E-state index in [2.05, 4.69) is 0 Å². The van der Waals surface area contributed by atoms with Gasteiger partial charge in [-0.05, 0) is 55.3 Å². The van der Waals surface area contributed by atoms with Gasteiger partial charge < -0.3 is 4.90 Å². The van der Waals surface area contributed by atoms with Crippen LogP contribution in [0.5, 0.6) is 0 Å². The zero-order chi connectivity index (χ0) is 18.1. The van der Waals surface area contributed by atoms with E-state index in [1.807, 2.05) is 34.6 Å². The van der Waals surface area contributed by atoms with E-state index in [1.54, 1.807) is 41.7 Å². The number of thiophene rings is 1. The van der Waals surface area contributed by atoms with Crippen LogP contribution >= 0.6 is 11.3 Å². The molecule has 2 aromatic rings. The summed E-state index contributed by atoms with van der Waals surface area (Å²) in [5.41, 5.74) is 0. The van der Waals surface area contributed by atoms with Crippen molar-refractivity contribution in [3.8, 4) is 0 Å². The van der Waals surface area contributed by atoms with Gasteiger partial charge in [0.25, 0.3) is 0 Å². The van der Waals surface area contributed by atoms with E-state index in [0.29, 0.717) is 17.7 Å². The number of fused-ring (bicyclic) bond motifs is 2. The second kappa shape index (κ2) is 7.00. The average Bonchev–Trinajstić information content (AvgIpc) is 3.26. The van der Waals surface area contributed by atoms with Gasteiger partial charge >= 0.3 is 0 Å². The van der Waals surface area contributed by atoms with Gasteiger partial charge in [0.1, 0.15) is 0 Å². The Kier molecular flexibility index (Phi) is 4.71. The minimum absolute atomic E-state index is 0.00135. The summed E-state index contributed by atoms with van der Waals surface area (Å²) in [6, 6.07) is 12.7. The van der Waals surface area contributed by atoms with Crippen molar-refractivity contribution in [2.75, 3.05) is 0 Å². The van der Waals surface area contributed by atoms with E-state index in [-0.39, 0.29) is 18.0 Å². The summed E-state index contributed by atoms with van der Waals surface area (Å²) < 4.78 is 25.9. The van der Waals surface area contributed by atoms with Gasteiger partial charge in [0.2, 0.25) is 5.91 Å². The maximum Gasteiger partial charge on any atom is 0.247 e. The summed E-state index contributed by atoms with van der Waals surface area (Å²) >= 11 is 1.59. The second-order valence-electron chi connectivity index (χ2n) is 6.93. The summed E-state index contributed by atoms with van der Waals surface area (Å²) in [4.78, 5) is 16.0. The monoisotopic (exact) mass is 387 g/mol. The molecule has 3 heterocycles. The van der Waals surface area contributed by atoms with Crippen molar-refractivity contribution in [1.82, 2.24) is 4.90 Å². The van der Waals surface area contributed by atoms with Crippen LogP contribution in [0.1, 0.15) is 30.6 Å². The maximum atomic E-state index is 12.9. The number of hydrogen-bond donors (Lipinski definition) is 0. The van der Waals surface area contributed by atoms with Gasteiger partial charge in [-0.1, -0.05) is 24.3 Å². The Labute approximate surface area is 158 Å². The van der Waals surface area contributed by atoms with Gasteiger partial charge in [-0.2, -0.15) is 0 Å². The van der Waals surface area contributed by atoms with Gasteiger partial charge in [-0.25, -0.2) is 8.42 Å². The Hall–Kier alpha value is -1.92. The third-order valence-corrected chi connectivity index (χ3v) is 8.42. The van der Waals surface area contributed by atoms with Crippen LogP contribution in [0.15, 0.2) is 58.8 Å². The number of rotatable bonds is 4. The highest BCUT2D eigenvalue weighted by Crippen LogP contribution is 2.40. The predicted molar refractivity (Wildman–Crippen MR) is 104 cm³/mol. The quantitative estimate of drug-likeness (QED) is 0.751. The number of carbonyl (C=O) groups excluding carboxylic acids is 1. The molecule has 1 aromatic carbocycles. The number of hydrogen-bond acceptors (Lipinski definition) is 4. The third-order valence-electron chi connectivity index (χ3n) is 5.39. The molecule has 0 saturated carbocycles. The summed E-state index contributed by atoms with van der Waals surface area (Å²) in [6.07, 6.45) is 6.33. The Morgan fingerprint density at radius 1 is 1.04 bits per heavy atom. The van der Waals surface area contributed by atoms with Crippen LogP contribution in [0.3, 0.4) is 0 Å². The molecule has 1 amide bonds. The van der Waals surface area contributed by atoms with Crippen LogP contribution in [-0.2, 0) is 14.6 Å². The highest BCUT2D eigenvalue weighted by Gasteiger charge is 2.46. The fraction of sp³-hybridized carbons (Fsp3) is 0.350. The van der Waals surface area contributed by atoms with E-state index in [0.717, 1.165) is 17.7 Å². The molecule has 6 heteroatoms. The van der Waals surface area contributed by atoms with E-state index in [4.69, 9.17) is 0 Å². The highest BCUT2D eigenvalue weighted by molar-refractivity contribution is 7.92. The molecule has 26 heavy (non-hydrogen) atoms. The molecule has 136 valence electrons. The maximum absolute atomic E-state index is 12.9. The van der Waals surface area contributed by atoms with Gasteiger partial charge in [0, 0.05) is 23.0 Å². The molecule has 2 unspecified atom stereocenters. The summed E-state index contributed by atoms with van der Waals surface area (Å²) in [5.74, 6) is 0.00135. The molecule has 2 fully saturated rings. The van der Waals surface area contributed by atoms with Crippen LogP contribution in [0.2, 0.25) is 0 Å². The molecular weight excluding hydrogens is 366 g/mol. The number of amides is 1. The standard InChI is InChI=1S/C20H21NO3S2/c22-20(11-10-17-5-4-12-25-17)21-15-8-9-16(21)14-19(13-15)26(23,24)18-6-2-1-3-7-18/h1-7,10-12,15-16,19H,8-9,13-14H2/b11-10+. The molecule has 2 bridgehead atoms. The molecule has 1 aromatic heterocycles. The first kappa shape index (κ1) is 17.5. The van der Waals surface area contributed by atoms with Gasteiger partial charge in [-0.15, -0.1) is 11.3 Å². The van der Waals surface area contributed by atoms with Crippen molar-refractivity contribution in [1.29, 1.82) is 0 Å². The van der Waals surface area contributed by atoms with Crippen LogP contribution in [0.25, 0.3) is 6.08 Å². The van der Waals surface area contributed by atoms with Crippen molar-refractivity contribution in [3.05, 3.63) is 58.8 Å². The van der Waals surface area contributed by atoms with Crippen LogP contribution in [-0.4, -0.2) is 36.6 Å². The number of piperidine rings is 1. The van der Waals surface area contributed by atoms with Crippen molar-refractivity contribution in [2.24, 2.45) is 0 Å². The Morgan fingerprint density at radius 3 is 2.35 bits per heavy atom. The molecule has 2 atom stereocenters. The molecule has 4 nitrogen and oxygen atoms in total. The number of benzene rings is 1. The fourth-order valence-corrected chi connectivity index (χ4v) is 6.66. The molecular formula is C20H21NO3S2. The molecule has 2 saturated heterocycles. The lowest BCUT2D eigenvalue weighted by atomic mass is 10.0. The molecule has 2 aliphatic rings. The number of carbonyl (C=O) groups is 1. The Bertz CT molecular complexity index is 890. The first-order valence-electron chi connectivity index (χ1n) is 8.88. The SMILES string of the molecule is O=C(/C=C/c1cccs1)N1C2CCC1CC(S(=O)(=O)c1ccccc1)C2. The normalized spacial score (nSPS) is 25.7. The van der Waals surface area contributed by atoms with E-state index in [9.17, 15) is 13.2 Å². The Balaban J connectivity index is 1.50. The highest BCUT2D eigenvalue weighted by atomic mass is 32.2. The number of sulfone groups is 1. The molecule has 4 rings (SSSR count). The molecule has 0 radical (unpaired) electrons. The lowest BCUT2D eigenvalue weighted by molar-refractivity contribution is -0.130. The van der Waals surface area contributed by atoms with Gasteiger partial charge in [0.05, 0.1) is 10.1 Å². The molecule has 0 spiro atoms. The lowest BCUT2D eigenvalue weighted by Crippen LogP contribution is -2.49. The third kappa shape index (κ3) is 3.23. The Morgan fingerprint density at radius 2 is 1.73 bits per heavy atom. The predicted octanol–water partition coefficient (Wildman–Crippen LogP) is 3.76. The summed E-state index contributed by atoms with van der Waals surface area (Å²) in [5, 5.41) is 1.58. The molecule has 0 aliphatic carbocycles. The summed E-state index contributed by atoms with van der Waals surface area (Å²) in [6.45, 7) is 0. The number of nitrogens with zero attached hydrogens (tertiary/aromatic N) is 1. The smallest absolute Gasteiger partial charge is 0.247 e. The van der Waals surface area contributed by atoms with E-state index >= 15 is 0 Å². The van der Waals surface area contributed by atoms with E-state index in [1.165, 1.54) is 0 Å². The van der Waals surface area contributed by atoms with Crippen molar-refractivity contribution in [3.63, 3.8) is 0 Å². The van der Waals surface area contributed by atoms with Gasteiger partial charge in [-0.3, -0.25) is 4.79 Å². The zero-order valence-corrected chi connectivity index (χ0v) is 16.0. The zero-order valence-electron chi connectivity index (χ0n) is 14.3. The summed E-state index contributed by atoms with van der Waals surface area (Å²) in [7, 11) is -3.34. The van der Waals surface area contributed by atoms with Crippen molar-refractivity contribution < 1.29 is 13.2 Å². The largest absolute Gasteiger partial charge is 0.333 e. The van der Waals surface area contributed by atoms with E-state index < -0.39 is 15.1 Å². The van der Waals surface area contributed by atoms with Gasteiger partial charge in [0.15, 0.2) is 9.84 Å². The van der Waals surface area contributed by atoms with Crippen molar-refractivity contribution >= 4 is 33.2 Å². The van der Waals surface area contributed by atoms with Crippen LogP contribution < -0.4 is 0 Å². The first-order chi connectivity index (χ1) is 12.6. The van der Waals surface area contributed by atoms with Crippen LogP contribution in [0.4, 0.5) is 0 Å². The topological polar surface area (TPSA) is 54.5 Å². The minimum atomic E-state index is -3.34. The minimum Gasteiger partial charge on any atom is -0.333 e. The molecule has 0 N–H and O–H groups in total. The lowest BCUT2D eigenvalue weighted by Gasteiger charge is -2.38. The average molecular weight is 388 g/mol. The molecule has 2 aliphatic heterocycles. The van der Waals surface area contributed by atoms with Crippen molar-refractivity contribution in [2.45, 2.75) is 47.9 Å². The first-order valence-corrected chi connectivity index (χ1v) is 11.3. The fourth-order valence-electron chi connectivity index (χ4n) is 4.17. The van der Waals surface area contributed by atoms with Crippen LogP contribution in [0, 0.1) is 0 Å².